The van der Waals surface area contributed by atoms with Gasteiger partial charge in [0.2, 0.25) is 0 Å². The number of aromatic nitrogens is 3. The molecule has 0 saturated heterocycles. The van der Waals surface area contributed by atoms with E-state index in [2.05, 4.69) is 9.88 Å². The number of halogens is 2. The molecule has 1 unspecified atom stereocenters. The molecule has 0 radical (unpaired) electrons. The van der Waals surface area contributed by atoms with Crippen LogP contribution in [0.25, 0.3) is 11.5 Å². The number of rotatable bonds is 3. The molecule has 0 saturated carbocycles. The number of amides is 2. The van der Waals surface area contributed by atoms with Crippen LogP contribution in [0.3, 0.4) is 0 Å². The maximum atomic E-state index is 14.0. The van der Waals surface area contributed by atoms with Gasteiger partial charge in [0, 0.05) is 22.5 Å². The minimum absolute atomic E-state index is 0.294. The second-order valence-corrected chi connectivity index (χ2v) is 9.77. The van der Waals surface area contributed by atoms with E-state index in [0.29, 0.717) is 17.3 Å². The maximum Gasteiger partial charge on any atom is 0.322 e. The minimum Gasteiger partial charge on any atom is -0.307 e. The first-order valence-electron chi connectivity index (χ1n) is 12.3. The normalized spacial score (nSPS) is 14.5. The topological polar surface area (TPSA) is 55.1 Å². The Kier molecular flexibility index (Phi) is 6.00. The highest BCUT2D eigenvalue weighted by Gasteiger charge is 2.36. The lowest BCUT2D eigenvalue weighted by Gasteiger charge is -2.31. The number of para-hydroxylation sites is 1. The molecule has 0 fully saturated rings. The highest BCUT2D eigenvalue weighted by atomic mass is 35.5. The summed E-state index contributed by atoms with van der Waals surface area (Å²) in [6, 6.07) is 24.8. The molecule has 2 aromatic heterocycles. The van der Waals surface area contributed by atoms with Crippen LogP contribution in [-0.2, 0) is 6.54 Å². The number of aryl methyl sites for hydroxylation is 1. The first-order valence-corrected chi connectivity index (χ1v) is 12.7. The summed E-state index contributed by atoms with van der Waals surface area (Å²) in [4.78, 5) is 15.8. The number of nitrogens with one attached hydrogen (secondary N) is 1. The van der Waals surface area contributed by atoms with E-state index in [1.54, 1.807) is 23.1 Å². The van der Waals surface area contributed by atoms with Gasteiger partial charge in [0.1, 0.15) is 11.6 Å². The lowest BCUT2D eigenvalue weighted by Crippen LogP contribution is -2.38. The minimum atomic E-state index is -0.485. The van der Waals surface area contributed by atoms with Crippen molar-refractivity contribution in [3.63, 3.8) is 0 Å². The largest absolute Gasteiger partial charge is 0.322 e. The molecule has 1 atom stereocenters. The SMILES string of the molecule is Cc1nn(-c2ccccc2)c2c1CN(C(=O)Nc1cccc(Cl)c1C)C(c1ccc(F)cc1)c1cccn1-2. The molecule has 1 aliphatic heterocycles. The Balaban J connectivity index is 1.54. The zero-order chi connectivity index (χ0) is 26.4. The third-order valence-corrected chi connectivity index (χ3v) is 7.45. The molecule has 0 bridgehead atoms. The van der Waals surface area contributed by atoms with E-state index in [-0.39, 0.29) is 11.8 Å². The highest BCUT2D eigenvalue weighted by Crippen LogP contribution is 2.39. The van der Waals surface area contributed by atoms with Crippen LogP contribution in [0, 0.1) is 19.7 Å². The number of carbonyl (C=O) groups is 1. The van der Waals surface area contributed by atoms with Crippen molar-refractivity contribution < 1.29 is 9.18 Å². The van der Waals surface area contributed by atoms with Gasteiger partial charge in [0.15, 0.2) is 0 Å². The summed E-state index contributed by atoms with van der Waals surface area (Å²) in [5.74, 6) is 0.539. The molecule has 8 heteroatoms. The van der Waals surface area contributed by atoms with Crippen molar-refractivity contribution in [3.8, 4) is 11.5 Å². The fourth-order valence-electron chi connectivity index (χ4n) is 5.07. The van der Waals surface area contributed by atoms with E-state index < -0.39 is 6.04 Å². The Bertz CT molecular complexity index is 1640. The summed E-state index contributed by atoms with van der Waals surface area (Å²) in [6.07, 6.45) is 1.98. The summed E-state index contributed by atoms with van der Waals surface area (Å²) in [6.45, 7) is 4.12. The van der Waals surface area contributed by atoms with Crippen LogP contribution in [0.2, 0.25) is 5.02 Å². The second kappa shape index (κ2) is 9.50. The number of fused-ring (bicyclic) bond motifs is 3. The average Bonchev–Trinajstić information content (AvgIpc) is 3.48. The Morgan fingerprint density at radius 3 is 2.50 bits per heavy atom. The van der Waals surface area contributed by atoms with Crippen LogP contribution in [0.4, 0.5) is 14.9 Å². The molecule has 38 heavy (non-hydrogen) atoms. The van der Waals surface area contributed by atoms with Crippen molar-refractivity contribution in [3.05, 3.63) is 130 Å². The standard InChI is InChI=1S/C30H25ClFN5O/c1-19-25(31)10-6-11-26(19)33-30(38)36-18-24-20(2)34-37(23-8-4-3-5-9-23)29(24)35-17-7-12-27(35)28(36)21-13-15-22(32)16-14-21/h3-17,28H,18H2,1-2H3,(H,33,38). The molecule has 3 heterocycles. The van der Waals surface area contributed by atoms with Gasteiger partial charge in [-0.3, -0.25) is 0 Å². The third-order valence-electron chi connectivity index (χ3n) is 7.04. The van der Waals surface area contributed by atoms with E-state index in [4.69, 9.17) is 16.7 Å². The molecular formula is C30H25ClFN5O. The van der Waals surface area contributed by atoms with Gasteiger partial charge < -0.3 is 14.8 Å². The van der Waals surface area contributed by atoms with Gasteiger partial charge in [0.05, 0.1) is 29.7 Å². The van der Waals surface area contributed by atoms with Crippen LogP contribution < -0.4 is 5.32 Å². The van der Waals surface area contributed by atoms with Crippen molar-refractivity contribution in [2.45, 2.75) is 26.4 Å². The fraction of sp³-hybridized carbons (Fsp3) is 0.133. The van der Waals surface area contributed by atoms with Crippen LogP contribution in [0.15, 0.2) is 91.1 Å². The number of hydrogen-bond acceptors (Lipinski definition) is 2. The van der Waals surface area contributed by atoms with Crippen LogP contribution in [-0.4, -0.2) is 25.3 Å². The van der Waals surface area contributed by atoms with Gasteiger partial charge in [-0.15, -0.1) is 0 Å². The predicted molar refractivity (Wildman–Crippen MR) is 147 cm³/mol. The molecule has 6 rings (SSSR count). The van der Waals surface area contributed by atoms with Crippen LogP contribution in [0.1, 0.15) is 34.1 Å². The first kappa shape index (κ1) is 24.0. The molecule has 1 aliphatic rings. The number of carbonyl (C=O) groups excluding carboxylic acids is 1. The van der Waals surface area contributed by atoms with Crippen LogP contribution in [0.5, 0.6) is 0 Å². The summed E-state index contributed by atoms with van der Waals surface area (Å²) in [5, 5.41) is 8.50. The smallest absolute Gasteiger partial charge is 0.307 e. The van der Waals surface area contributed by atoms with Gasteiger partial charge in [-0.05, 0) is 73.5 Å². The van der Waals surface area contributed by atoms with E-state index in [0.717, 1.165) is 39.6 Å². The fourth-order valence-corrected chi connectivity index (χ4v) is 5.25. The molecule has 5 aromatic rings. The van der Waals surface area contributed by atoms with Gasteiger partial charge in [0.25, 0.3) is 0 Å². The molecule has 0 spiro atoms. The number of benzene rings is 3. The van der Waals surface area contributed by atoms with Crippen LogP contribution >= 0.6 is 11.6 Å². The maximum absolute atomic E-state index is 14.0. The summed E-state index contributed by atoms with van der Waals surface area (Å²) in [5.41, 5.74) is 5.75. The zero-order valence-electron chi connectivity index (χ0n) is 20.9. The number of urea groups is 1. The van der Waals surface area contributed by atoms with Crippen molar-refractivity contribution in [2.24, 2.45) is 0 Å². The highest BCUT2D eigenvalue weighted by molar-refractivity contribution is 6.31. The van der Waals surface area contributed by atoms with Crippen molar-refractivity contribution in [2.75, 3.05) is 5.32 Å². The summed E-state index contributed by atoms with van der Waals surface area (Å²) in [7, 11) is 0. The Morgan fingerprint density at radius 1 is 0.974 bits per heavy atom. The average molecular weight is 526 g/mol. The number of anilines is 1. The van der Waals surface area contributed by atoms with Gasteiger partial charge in [-0.1, -0.05) is 48.0 Å². The van der Waals surface area contributed by atoms with E-state index in [1.165, 1.54) is 12.1 Å². The molecule has 190 valence electrons. The van der Waals surface area contributed by atoms with Gasteiger partial charge in [-0.2, -0.15) is 5.10 Å². The van der Waals surface area contributed by atoms with Crippen molar-refractivity contribution in [1.29, 1.82) is 0 Å². The molecule has 6 nitrogen and oxygen atoms in total. The van der Waals surface area contributed by atoms with E-state index in [1.807, 2.05) is 79.3 Å². The molecule has 2 amide bonds. The Morgan fingerprint density at radius 2 is 1.74 bits per heavy atom. The first-order chi connectivity index (χ1) is 18.4. The lowest BCUT2D eigenvalue weighted by atomic mass is 10.0. The molecule has 0 aliphatic carbocycles. The van der Waals surface area contributed by atoms with E-state index >= 15 is 0 Å². The lowest BCUT2D eigenvalue weighted by molar-refractivity contribution is 0.194. The summed E-state index contributed by atoms with van der Waals surface area (Å²) < 4.78 is 17.9. The number of nitrogens with zero attached hydrogens (tertiary/aromatic N) is 4. The van der Waals surface area contributed by atoms with Crippen molar-refractivity contribution in [1.82, 2.24) is 19.2 Å². The third kappa shape index (κ3) is 4.05. The predicted octanol–water partition coefficient (Wildman–Crippen LogP) is 7.21. The van der Waals surface area contributed by atoms with Gasteiger partial charge >= 0.3 is 6.03 Å². The molecule has 1 N–H and O–H groups in total. The molecular weight excluding hydrogens is 501 g/mol. The van der Waals surface area contributed by atoms with Gasteiger partial charge in [-0.25, -0.2) is 13.9 Å². The second-order valence-electron chi connectivity index (χ2n) is 9.36. The van der Waals surface area contributed by atoms with E-state index in [9.17, 15) is 9.18 Å². The van der Waals surface area contributed by atoms with Crippen molar-refractivity contribution >= 4 is 23.3 Å². The molecule has 3 aromatic carbocycles. The zero-order valence-corrected chi connectivity index (χ0v) is 21.7. The number of hydrogen-bond donors (Lipinski definition) is 1. The Hall–Kier alpha value is -4.36. The summed E-state index contributed by atoms with van der Waals surface area (Å²) >= 11 is 6.33. The quantitative estimate of drug-likeness (QED) is 0.270. The monoisotopic (exact) mass is 525 g/mol. The Labute approximate surface area is 224 Å².